The van der Waals surface area contributed by atoms with Crippen molar-refractivity contribution in [3.63, 3.8) is 0 Å². The number of nitrogens with zero attached hydrogens (tertiary/aromatic N) is 2. The molecule has 1 aromatic heterocycles. The van der Waals surface area contributed by atoms with Crippen LogP contribution in [0, 0.1) is 0 Å². The third-order valence-electron chi connectivity index (χ3n) is 10.4. The van der Waals surface area contributed by atoms with E-state index in [1.807, 2.05) is 0 Å². The van der Waals surface area contributed by atoms with Gasteiger partial charge in [-0.15, -0.1) is 0 Å². The van der Waals surface area contributed by atoms with Crippen LogP contribution in [0.2, 0.25) is 0 Å². The van der Waals surface area contributed by atoms with E-state index in [2.05, 4.69) is 216 Å². The van der Waals surface area contributed by atoms with E-state index in [4.69, 9.17) is 0 Å². The molecular formula is C50H34N2. The number of benzene rings is 9. The zero-order valence-electron chi connectivity index (χ0n) is 28.5. The van der Waals surface area contributed by atoms with Crippen molar-refractivity contribution in [2.75, 3.05) is 4.90 Å². The Kier molecular flexibility index (Phi) is 7.18. The second-order valence-electron chi connectivity index (χ2n) is 13.4. The Balaban J connectivity index is 1.16. The highest BCUT2D eigenvalue weighted by Gasteiger charge is 2.19. The summed E-state index contributed by atoms with van der Waals surface area (Å²) in [6.07, 6.45) is 0. The first-order chi connectivity index (χ1) is 25.8. The Morgan fingerprint density at radius 1 is 0.308 bits per heavy atom. The maximum absolute atomic E-state index is 2.42. The van der Waals surface area contributed by atoms with E-state index in [1.165, 1.54) is 65.6 Å². The lowest BCUT2D eigenvalue weighted by molar-refractivity contribution is 1.18. The van der Waals surface area contributed by atoms with Crippen LogP contribution in [-0.4, -0.2) is 4.57 Å². The predicted octanol–water partition coefficient (Wildman–Crippen LogP) is 13.9. The maximum Gasteiger partial charge on any atom is 0.0562 e. The minimum absolute atomic E-state index is 1.10. The van der Waals surface area contributed by atoms with Gasteiger partial charge in [0, 0.05) is 33.5 Å². The number of hydrogen-bond donors (Lipinski definition) is 0. The summed E-state index contributed by atoms with van der Waals surface area (Å²) in [5.74, 6) is 0. The van der Waals surface area contributed by atoms with Gasteiger partial charge in [0.1, 0.15) is 0 Å². The van der Waals surface area contributed by atoms with Gasteiger partial charge in [0.05, 0.1) is 11.0 Å². The van der Waals surface area contributed by atoms with Gasteiger partial charge in [0.15, 0.2) is 0 Å². The van der Waals surface area contributed by atoms with Crippen LogP contribution in [0.1, 0.15) is 0 Å². The summed E-state index contributed by atoms with van der Waals surface area (Å²) < 4.78 is 2.42. The summed E-state index contributed by atoms with van der Waals surface area (Å²) in [7, 11) is 0. The van der Waals surface area contributed by atoms with E-state index in [1.54, 1.807) is 0 Å². The standard InChI is InChI=1S/C50H34N2/c1-3-11-35(12-4-1)37-21-26-43(27-22-37)51(44-28-23-38(24-29-44)41-20-19-36-13-7-8-15-40(36)33-41)45-30-31-47-49(34-45)52(42-16-5-2-6-17-42)48-32-25-39-14-9-10-18-46(39)50(47)48/h1-34H. The van der Waals surface area contributed by atoms with Gasteiger partial charge in [-0.05, 0) is 104 Å². The van der Waals surface area contributed by atoms with Crippen molar-refractivity contribution in [2.24, 2.45) is 0 Å². The number of anilines is 3. The molecule has 0 amide bonds. The van der Waals surface area contributed by atoms with Crippen molar-refractivity contribution in [3.05, 3.63) is 206 Å². The van der Waals surface area contributed by atoms with Crippen molar-refractivity contribution >= 4 is 60.4 Å². The largest absolute Gasteiger partial charge is 0.310 e. The molecule has 0 fully saturated rings. The number of rotatable bonds is 6. The number of aromatic nitrogens is 1. The lowest BCUT2D eigenvalue weighted by atomic mass is 10.0. The molecule has 1 heterocycles. The van der Waals surface area contributed by atoms with Crippen LogP contribution in [-0.2, 0) is 0 Å². The Morgan fingerprint density at radius 3 is 1.58 bits per heavy atom. The van der Waals surface area contributed by atoms with Crippen molar-refractivity contribution < 1.29 is 0 Å². The molecule has 10 rings (SSSR count). The van der Waals surface area contributed by atoms with Gasteiger partial charge in [-0.2, -0.15) is 0 Å². The Labute approximate surface area is 303 Å². The van der Waals surface area contributed by atoms with Crippen LogP contribution in [0.3, 0.4) is 0 Å². The second kappa shape index (κ2) is 12.5. The number of para-hydroxylation sites is 1. The summed E-state index contributed by atoms with van der Waals surface area (Å²) in [6.45, 7) is 0. The summed E-state index contributed by atoms with van der Waals surface area (Å²) >= 11 is 0. The Bertz CT molecular complexity index is 2870. The van der Waals surface area contributed by atoms with Crippen molar-refractivity contribution in [1.82, 2.24) is 4.57 Å². The molecule has 10 aromatic rings. The van der Waals surface area contributed by atoms with E-state index in [0.717, 1.165) is 22.7 Å². The van der Waals surface area contributed by atoms with Crippen molar-refractivity contribution in [1.29, 1.82) is 0 Å². The van der Waals surface area contributed by atoms with Crippen LogP contribution in [0.5, 0.6) is 0 Å². The summed E-state index contributed by atoms with van der Waals surface area (Å²) in [4.78, 5) is 2.38. The van der Waals surface area contributed by atoms with E-state index >= 15 is 0 Å². The van der Waals surface area contributed by atoms with E-state index < -0.39 is 0 Å². The topological polar surface area (TPSA) is 8.17 Å². The first kappa shape index (κ1) is 30.0. The molecule has 0 aliphatic heterocycles. The van der Waals surface area contributed by atoms with Gasteiger partial charge < -0.3 is 9.47 Å². The molecular weight excluding hydrogens is 629 g/mol. The van der Waals surface area contributed by atoms with E-state index in [0.29, 0.717) is 0 Å². The minimum atomic E-state index is 1.10. The normalized spacial score (nSPS) is 11.5. The molecule has 0 aliphatic carbocycles. The van der Waals surface area contributed by atoms with Crippen LogP contribution in [0.15, 0.2) is 206 Å². The van der Waals surface area contributed by atoms with Crippen LogP contribution in [0.4, 0.5) is 17.1 Å². The molecule has 0 aliphatic rings. The van der Waals surface area contributed by atoms with Crippen LogP contribution in [0.25, 0.3) is 71.3 Å². The lowest BCUT2D eigenvalue weighted by Gasteiger charge is -2.26. The Hall–Kier alpha value is -6.90. The van der Waals surface area contributed by atoms with Crippen molar-refractivity contribution in [3.8, 4) is 27.9 Å². The van der Waals surface area contributed by atoms with Crippen LogP contribution >= 0.6 is 0 Å². The summed E-state index contributed by atoms with van der Waals surface area (Å²) in [5.41, 5.74) is 11.6. The molecule has 2 heteroatoms. The quantitative estimate of drug-likeness (QED) is 0.172. The number of hydrogen-bond acceptors (Lipinski definition) is 1. The monoisotopic (exact) mass is 662 g/mol. The van der Waals surface area contributed by atoms with Gasteiger partial charge in [0.25, 0.3) is 0 Å². The number of fused-ring (bicyclic) bond motifs is 6. The fraction of sp³-hybridized carbons (Fsp3) is 0. The fourth-order valence-electron chi connectivity index (χ4n) is 7.82. The molecule has 0 N–H and O–H groups in total. The third-order valence-corrected chi connectivity index (χ3v) is 10.4. The first-order valence-electron chi connectivity index (χ1n) is 17.8. The molecule has 0 atom stereocenters. The second-order valence-corrected chi connectivity index (χ2v) is 13.4. The molecule has 9 aromatic carbocycles. The molecule has 0 saturated heterocycles. The van der Waals surface area contributed by atoms with Gasteiger partial charge in [-0.3, -0.25) is 0 Å². The van der Waals surface area contributed by atoms with Gasteiger partial charge in [-0.25, -0.2) is 0 Å². The Morgan fingerprint density at radius 2 is 0.846 bits per heavy atom. The first-order valence-corrected chi connectivity index (χ1v) is 17.8. The van der Waals surface area contributed by atoms with E-state index in [-0.39, 0.29) is 0 Å². The minimum Gasteiger partial charge on any atom is -0.310 e. The molecule has 0 saturated carbocycles. The zero-order chi connectivity index (χ0) is 34.4. The van der Waals surface area contributed by atoms with E-state index in [9.17, 15) is 0 Å². The highest BCUT2D eigenvalue weighted by atomic mass is 15.1. The highest BCUT2D eigenvalue weighted by molar-refractivity contribution is 6.21. The SMILES string of the molecule is c1ccc(-c2ccc(N(c3ccc(-c4ccc5ccccc5c4)cc3)c3ccc4c5c6ccccc6ccc5n(-c5ccccc5)c4c3)cc2)cc1. The molecule has 0 radical (unpaired) electrons. The van der Waals surface area contributed by atoms with Gasteiger partial charge in [0.2, 0.25) is 0 Å². The molecule has 0 spiro atoms. The molecule has 2 nitrogen and oxygen atoms in total. The van der Waals surface area contributed by atoms with Gasteiger partial charge in [-0.1, -0.05) is 146 Å². The summed E-state index contributed by atoms with van der Waals surface area (Å²) in [5, 5.41) is 7.54. The van der Waals surface area contributed by atoms with Gasteiger partial charge >= 0.3 is 0 Å². The van der Waals surface area contributed by atoms with Crippen LogP contribution < -0.4 is 4.90 Å². The zero-order valence-corrected chi connectivity index (χ0v) is 28.5. The maximum atomic E-state index is 2.42. The molecule has 0 bridgehead atoms. The molecule has 244 valence electrons. The molecule has 52 heavy (non-hydrogen) atoms. The smallest absolute Gasteiger partial charge is 0.0562 e. The highest BCUT2D eigenvalue weighted by Crippen LogP contribution is 2.42. The third kappa shape index (κ3) is 5.12. The molecule has 0 unspecified atom stereocenters. The van der Waals surface area contributed by atoms with Crippen molar-refractivity contribution in [2.45, 2.75) is 0 Å². The average molecular weight is 663 g/mol. The lowest BCUT2D eigenvalue weighted by Crippen LogP contribution is -2.10. The average Bonchev–Trinajstić information content (AvgIpc) is 3.56. The predicted molar refractivity (Wildman–Crippen MR) is 221 cm³/mol. The fourth-order valence-corrected chi connectivity index (χ4v) is 7.82. The summed E-state index contributed by atoms with van der Waals surface area (Å²) in [6, 6.07) is 74.7.